The van der Waals surface area contributed by atoms with E-state index in [1.807, 2.05) is 0 Å². The zero-order valence-corrected chi connectivity index (χ0v) is 18.5. The number of fused-ring (bicyclic) bond motifs is 2. The van der Waals surface area contributed by atoms with Crippen molar-refractivity contribution in [1.29, 1.82) is 0 Å². The summed E-state index contributed by atoms with van der Waals surface area (Å²) in [7, 11) is 0. The number of aromatic nitrogens is 6. The van der Waals surface area contributed by atoms with Crippen LogP contribution in [0.2, 0.25) is 5.02 Å². The fourth-order valence-electron chi connectivity index (χ4n) is 3.97. The van der Waals surface area contributed by atoms with Gasteiger partial charge in [-0.25, -0.2) is 23.9 Å². The lowest BCUT2D eigenvalue weighted by atomic mass is 9.78. The number of hydrogen-bond donors (Lipinski definition) is 2. The third kappa shape index (κ3) is 3.81. The van der Waals surface area contributed by atoms with E-state index in [1.165, 1.54) is 29.8 Å². The zero-order chi connectivity index (χ0) is 25.1. The first-order chi connectivity index (χ1) is 16.5. The van der Waals surface area contributed by atoms with Crippen LogP contribution in [0.4, 0.5) is 23.4 Å². The fourth-order valence-corrected chi connectivity index (χ4v) is 4.09. The minimum Gasteiger partial charge on any atom is -0.493 e. The molecule has 0 aliphatic carbocycles. The first-order valence-electron chi connectivity index (χ1n) is 10.1. The van der Waals surface area contributed by atoms with Gasteiger partial charge >= 0.3 is 6.18 Å². The molecule has 2 N–H and O–H groups in total. The van der Waals surface area contributed by atoms with Crippen molar-refractivity contribution in [2.45, 2.75) is 31.4 Å². The normalized spacial score (nSPS) is 17.6. The van der Waals surface area contributed by atoms with E-state index in [0.717, 1.165) is 12.4 Å². The molecule has 1 aliphatic heterocycles. The Bertz CT molecular complexity index is 1510. The van der Waals surface area contributed by atoms with Crippen LogP contribution in [0.25, 0.3) is 17.2 Å². The highest BCUT2D eigenvalue weighted by Crippen LogP contribution is 2.46. The molecule has 0 spiro atoms. The Balaban J connectivity index is 1.61. The van der Waals surface area contributed by atoms with Gasteiger partial charge in [0.25, 0.3) is 0 Å². The van der Waals surface area contributed by atoms with Gasteiger partial charge in [0.15, 0.2) is 11.5 Å². The third-order valence-corrected chi connectivity index (χ3v) is 6.08. The Morgan fingerprint density at radius 3 is 2.71 bits per heavy atom. The number of aryl methyl sites for hydroxylation is 1. The molecule has 1 aromatic carbocycles. The Hall–Kier alpha value is -3.87. The van der Waals surface area contributed by atoms with Crippen molar-refractivity contribution < 1.29 is 27.5 Å². The van der Waals surface area contributed by atoms with Crippen LogP contribution in [-0.2, 0) is 16.6 Å². The number of rotatable bonds is 4. The Kier molecular flexibility index (Phi) is 5.13. The highest BCUT2D eigenvalue weighted by molar-refractivity contribution is 6.30. The number of hydrogen-bond acceptors (Lipinski definition) is 7. The van der Waals surface area contributed by atoms with E-state index < -0.39 is 42.0 Å². The Morgan fingerprint density at radius 1 is 1.23 bits per heavy atom. The van der Waals surface area contributed by atoms with Gasteiger partial charge in [-0.2, -0.15) is 23.3 Å². The Labute approximate surface area is 198 Å². The first kappa shape index (κ1) is 22.9. The van der Waals surface area contributed by atoms with Gasteiger partial charge in [0, 0.05) is 12.8 Å². The number of nitrogens with one attached hydrogen (secondary N) is 1. The van der Waals surface area contributed by atoms with Gasteiger partial charge in [-0.05, 0) is 24.6 Å². The first-order valence-corrected chi connectivity index (χ1v) is 10.5. The van der Waals surface area contributed by atoms with E-state index in [4.69, 9.17) is 11.6 Å². The van der Waals surface area contributed by atoms with Crippen LogP contribution in [0, 0.1) is 5.82 Å². The molecule has 1 amide bonds. The molecule has 14 heteroatoms. The predicted octanol–water partition coefficient (Wildman–Crippen LogP) is 3.83. The van der Waals surface area contributed by atoms with Crippen LogP contribution in [0.15, 0.2) is 30.7 Å². The molecule has 0 radical (unpaired) electrons. The summed E-state index contributed by atoms with van der Waals surface area (Å²) in [5.41, 5.74) is -1.19. The molecule has 4 heterocycles. The van der Waals surface area contributed by atoms with Gasteiger partial charge in [-0.3, -0.25) is 4.79 Å². The minimum atomic E-state index is -4.41. The monoisotopic (exact) mass is 507 g/mol. The number of carbonyl (C=O) groups excluding carboxylic acids is 1. The summed E-state index contributed by atoms with van der Waals surface area (Å²) in [6.07, 6.45) is -3.50. The average molecular weight is 508 g/mol. The molecule has 1 atom stereocenters. The predicted molar refractivity (Wildman–Crippen MR) is 114 cm³/mol. The summed E-state index contributed by atoms with van der Waals surface area (Å²) in [6.45, 7) is 1.47. The maximum absolute atomic E-state index is 14.1. The number of amides is 1. The standard InChI is InChI=1S/C21H14ClF4N7O2/c1-20(9-2-3-10(22)11(23)6-9)14-16(32-19(20)35)30-15(31-18(14)34)13-7-33-17(27-8-28-33)12(29-13)4-5-21(24,25)26/h2-3,6-8H,4-5H2,1H3,(H2,30,31,32,34,35). The number of anilines is 1. The smallest absolute Gasteiger partial charge is 0.389 e. The molecule has 0 fully saturated rings. The molecule has 0 saturated carbocycles. The fraction of sp³-hybridized carbons (Fsp3) is 0.238. The number of aromatic hydroxyl groups is 1. The molecule has 180 valence electrons. The van der Waals surface area contributed by atoms with Crippen molar-refractivity contribution in [3.63, 3.8) is 0 Å². The molecule has 0 bridgehead atoms. The van der Waals surface area contributed by atoms with E-state index >= 15 is 0 Å². The number of halogens is 5. The topological polar surface area (TPSA) is 118 Å². The van der Waals surface area contributed by atoms with Crippen molar-refractivity contribution in [1.82, 2.24) is 29.5 Å². The van der Waals surface area contributed by atoms with Crippen LogP contribution in [-0.4, -0.2) is 46.7 Å². The zero-order valence-electron chi connectivity index (χ0n) is 17.7. The van der Waals surface area contributed by atoms with Crippen LogP contribution in [0.5, 0.6) is 5.88 Å². The molecule has 5 rings (SSSR count). The largest absolute Gasteiger partial charge is 0.493 e. The van der Waals surface area contributed by atoms with Crippen LogP contribution in [0.1, 0.15) is 30.2 Å². The molecule has 4 aromatic rings. The summed E-state index contributed by atoms with van der Waals surface area (Å²) < 4.78 is 53.7. The number of benzene rings is 1. The molecule has 9 nitrogen and oxygen atoms in total. The number of alkyl halides is 3. The van der Waals surface area contributed by atoms with E-state index in [-0.39, 0.29) is 44.8 Å². The highest BCUT2D eigenvalue weighted by atomic mass is 35.5. The maximum Gasteiger partial charge on any atom is 0.389 e. The van der Waals surface area contributed by atoms with Crippen molar-refractivity contribution in [2.75, 3.05) is 5.32 Å². The van der Waals surface area contributed by atoms with Gasteiger partial charge < -0.3 is 10.4 Å². The van der Waals surface area contributed by atoms with Crippen molar-refractivity contribution >= 4 is 29.0 Å². The average Bonchev–Trinajstić information content (AvgIpc) is 3.36. The van der Waals surface area contributed by atoms with Crippen LogP contribution >= 0.6 is 11.6 Å². The van der Waals surface area contributed by atoms with Crippen molar-refractivity contribution in [3.8, 4) is 17.4 Å². The van der Waals surface area contributed by atoms with Crippen LogP contribution < -0.4 is 5.32 Å². The van der Waals surface area contributed by atoms with Gasteiger partial charge in [-0.1, -0.05) is 17.7 Å². The molecule has 3 aromatic heterocycles. The molecule has 35 heavy (non-hydrogen) atoms. The number of nitrogens with zero attached hydrogens (tertiary/aromatic N) is 6. The SMILES string of the molecule is CC1(c2ccc(Cl)c(F)c2)C(=O)Nc2nc(-c3cn4ncnc4c(CCC(F)(F)F)n3)nc(O)c21. The second kappa shape index (κ2) is 7.83. The maximum atomic E-state index is 14.1. The Morgan fingerprint density at radius 2 is 2.00 bits per heavy atom. The highest BCUT2D eigenvalue weighted by Gasteiger charge is 2.48. The molecule has 0 saturated heterocycles. The summed E-state index contributed by atoms with van der Waals surface area (Å²) in [5.74, 6) is -2.15. The molecular formula is C21H14ClF4N7O2. The van der Waals surface area contributed by atoms with E-state index in [0.29, 0.717) is 0 Å². The van der Waals surface area contributed by atoms with Gasteiger partial charge in [0.2, 0.25) is 11.8 Å². The lowest BCUT2D eigenvalue weighted by molar-refractivity contribution is -0.134. The van der Waals surface area contributed by atoms with Crippen molar-refractivity contribution in [3.05, 3.63) is 58.4 Å². The minimum absolute atomic E-state index is 0.00124. The summed E-state index contributed by atoms with van der Waals surface area (Å²) in [6, 6.07) is 3.81. The van der Waals surface area contributed by atoms with Crippen molar-refractivity contribution in [2.24, 2.45) is 0 Å². The summed E-state index contributed by atoms with van der Waals surface area (Å²) in [4.78, 5) is 29.4. The quantitative estimate of drug-likeness (QED) is 0.403. The third-order valence-electron chi connectivity index (χ3n) is 5.78. The molecular weight excluding hydrogens is 494 g/mol. The summed E-state index contributed by atoms with van der Waals surface area (Å²) in [5, 5.41) is 17.1. The van der Waals surface area contributed by atoms with Gasteiger partial charge in [0.05, 0.1) is 22.5 Å². The number of carbonyl (C=O) groups is 1. The van der Waals surface area contributed by atoms with Gasteiger partial charge in [0.1, 0.15) is 29.1 Å². The lowest BCUT2D eigenvalue weighted by Crippen LogP contribution is -2.32. The molecule has 1 aliphatic rings. The lowest BCUT2D eigenvalue weighted by Gasteiger charge is -2.23. The van der Waals surface area contributed by atoms with E-state index in [1.54, 1.807) is 0 Å². The van der Waals surface area contributed by atoms with E-state index in [2.05, 4.69) is 30.4 Å². The van der Waals surface area contributed by atoms with Gasteiger partial charge in [-0.15, -0.1) is 0 Å². The second-order valence-electron chi connectivity index (χ2n) is 8.02. The van der Waals surface area contributed by atoms with E-state index in [9.17, 15) is 27.5 Å². The summed E-state index contributed by atoms with van der Waals surface area (Å²) >= 11 is 5.75. The second-order valence-corrected chi connectivity index (χ2v) is 8.43. The van der Waals surface area contributed by atoms with Crippen LogP contribution in [0.3, 0.4) is 0 Å². The molecule has 1 unspecified atom stereocenters.